The SMILES string of the molecule is COCCCNC(=S)NCc1ccc(F)cc1. The molecule has 5 heteroatoms. The summed E-state index contributed by atoms with van der Waals surface area (Å²) in [5.41, 5.74) is 0.993. The average molecular weight is 256 g/mol. The second-order valence-corrected chi connectivity index (χ2v) is 3.99. The van der Waals surface area contributed by atoms with E-state index in [1.807, 2.05) is 0 Å². The zero-order chi connectivity index (χ0) is 12.5. The van der Waals surface area contributed by atoms with Crippen molar-refractivity contribution in [2.75, 3.05) is 20.3 Å². The van der Waals surface area contributed by atoms with Gasteiger partial charge in [0.15, 0.2) is 5.11 Å². The lowest BCUT2D eigenvalue weighted by atomic mass is 10.2. The summed E-state index contributed by atoms with van der Waals surface area (Å²) >= 11 is 5.09. The van der Waals surface area contributed by atoms with Crippen LogP contribution in [0.3, 0.4) is 0 Å². The molecule has 3 nitrogen and oxygen atoms in total. The van der Waals surface area contributed by atoms with E-state index in [-0.39, 0.29) is 5.82 Å². The molecule has 0 aliphatic rings. The van der Waals surface area contributed by atoms with Gasteiger partial charge in [-0.15, -0.1) is 0 Å². The molecule has 0 aliphatic carbocycles. The van der Waals surface area contributed by atoms with Crippen LogP contribution >= 0.6 is 12.2 Å². The van der Waals surface area contributed by atoms with Gasteiger partial charge in [-0.3, -0.25) is 0 Å². The molecule has 0 radical (unpaired) electrons. The molecule has 1 aromatic rings. The van der Waals surface area contributed by atoms with Gasteiger partial charge in [-0.05, 0) is 36.3 Å². The van der Waals surface area contributed by atoms with Crippen molar-refractivity contribution in [3.8, 4) is 0 Å². The Balaban J connectivity index is 2.17. The van der Waals surface area contributed by atoms with E-state index in [1.54, 1.807) is 19.2 Å². The quantitative estimate of drug-likeness (QED) is 0.601. The molecular weight excluding hydrogens is 239 g/mol. The number of ether oxygens (including phenoxy) is 1. The van der Waals surface area contributed by atoms with Crippen LogP contribution in [0.25, 0.3) is 0 Å². The van der Waals surface area contributed by atoms with Gasteiger partial charge >= 0.3 is 0 Å². The molecule has 0 heterocycles. The molecule has 94 valence electrons. The number of hydrogen-bond acceptors (Lipinski definition) is 2. The third kappa shape index (κ3) is 6.19. The van der Waals surface area contributed by atoms with Crippen molar-refractivity contribution >= 4 is 17.3 Å². The number of nitrogens with one attached hydrogen (secondary N) is 2. The van der Waals surface area contributed by atoms with Crippen molar-refractivity contribution in [3.63, 3.8) is 0 Å². The lowest BCUT2D eigenvalue weighted by Gasteiger charge is -2.10. The highest BCUT2D eigenvalue weighted by Crippen LogP contribution is 2.01. The van der Waals surface area contributed by atoms with Gasteiger partial charge < -0.3 is 15.4 Å². The van der Waals surface area contributed by atoms with Crippen molar-refractivity contribution in [1.82, 2.24) is 10.6 Å². The highest BCUT2D eigenvalue weighted by atomic mass is 32.1. The molecule has 1 aromatic carbocycles. The molecule has 0 amide bonds. The Kier molecular flexibility index (Phi) is 6.50. The van der Waals surface area contributed by atoms with Gasteiger partial charge in [-0.25, -0.2) is 4.39 Å². The second-order valence-electron chi connectivity index (χ2n) is 3.58. The van der Waals surface area contributed by atoms with E-state index in [9.17, 15) is 4.39 Å². The van der Waals surface area contributed by atoms with Crippen LogP contribution in [0.4, 0.5) is 4.39 Å². The molecule has 0 atom stereocenters. The molecule has 0 aromatic heterocycles. The Morgan fingerprint density at radius 1 is 1.29 bits per heavy atom. The monoisotopic (exact) mass is 256 g/mol. The van der Waals surface area contributed by atoms with E-state index >= 15 is 0 Å². The molecule has 0 unspecified atom stereocenters. The number of rotatable bonds is 6. The first kappa shape index (κ1) is 13.9. The van der Waals surface area contributed by atoms with Crippen LogP contribution in [-0.2, 0) is 11.3 Å². The summed E-state index contributed by atoms with van der Waals surface area (Å²) in [4.78, 5) is 0. The first-order valence-electron chi connectivity index (χ1n) is 5.47. The highest BCUT2D eigenvalue weighted by Gasteiger charge is 1.96. The fraction of sp³-hybridized carbons (Fsp3) is 0.417. The van der Waals surface area contributed by atoms with E-state index in [0.29, 0.717) is 18.3 Å². The molecule has 1 rings (SSSR count). The summed E-state index contributed by atoms with van der Waals surface area (Å²) in [6.45, 7) is 2.09. The number of methoxy groups -OCH3 is 1. The van der Waals surface area contributed by atoms with E-state index in [1.165, 1.54) is 12.1 Å². The zero-order valence-corrected chi connectivity index (χ0v) is 10.6. The van der Waals surface area contributed by atoms with Gasteiger partial charge in [0.1, 0.15) is 5.82 Å². The first-order chi connectivity index (χ1) is 8.22. The molecule has 0 spiro atoms. The van der Waals surface area contributed by atoms with E-state index in [0.717, 1.165) is 18.5 Å². The Hall–Kier alpha value is -1.20. The number of halogens is 1. The Bertz CT molecular complexity index is 343. The van der Waals surface area contributed by atoms with Crippen molar-refractivity contribution in [2.24, 2.45) is 0 Å². The molecule has 0 aliphatic heterocycles. The standard InChI is InChI=1S/C12H17FN2OS/c1-16-8-2-7-14-12(17)15-9-10-3-5-11(13)6-4-10/h3-6H,2,7-9H2,1H3,(H2,14,15,17). The summed E-state index contributed by atoms with van der Waals surface area (Å²) in [7, 11) is 1.67. The average Bonchev–Trinajstić information content (AvgIpc) is 2.34. The van der Waals surface area contributed by atoms with Crippen LogP contribution < -0.4 is 10.6 Å². The summed E-state index contributed by atoms with van der Waals surface area (Å²) in [6.07, 6.45) is 0.912. The van der Waals surface area contributed by atoms with E-state index in [4.69, 9.17) is 17.0 Å². The van der Waals surface area contributed by atoms with Gasteiger partial charge in [-0.1, -0.05) is 12.1 Å². The summed E-state index contributed by atoms with van der Waals surface area (Å²) in [5, 5.41) is 6.72. The molecule has 17 heavy (non-hydrogen) atoms. The maximum atomic E-state index is 12.7. The zero-order valence-electron chi connectivity index (χ0n) is 9.83. The van der Waals surface area contributed by atoms with Crippen LogP contribution in [-0.4, -0.2) is 25.4 Å². The minimum Gasteiger partial charge on any atom is -0.385 e. The Morgan fingerprint density at radius 3 is 2.65 bits per heavy atom. The van der Waals surface area contributed by atoms with Gasteiger partial charge in [-0.2, -0.15) is 0 Å². The topological polar surface area (TPSA) is 33.3 Å². The summed E-state index contributed by atoms with van der Waals surface area (Å²) < 4.78 is 17.6. The minimum absolute atomic E-state index is 0.228. The second kappa shape index (κ2) is 7.97. The van der Waals surface area contributed by atoms with Crippen molar-refractivity contribution in [3.05, 3.63) is 35.6 Å². The van der Waals surface area contributed by atoms with E-state index in [2.05, 4.69) is 10.6 Å². The minimum atomic E-state index is -0.228. The van der Waals surface area contributed by atoms with Crippen molar-refractivity contribution in [1.29, 1.82) is 0 Å². The maximum absolute atomic E-state index is 12.7. The number of thiocarbonyl (C=S) groups is 1. The first-order valence-corrected chi connectivity index (χ1v) is 5.88. The van der Waals surface area contributed by atoms with Crippen LogP contribution in [0.5, 0.6) is 0 Å². The summed E-state index contributed by atoms with van der Waals surface area (Å²) in [5.74, 6) is -0.228. The lowest BCUT2D eigenvalue weighted by Crippen LogP contribution is -2.35. The van der Waals surface area contributed by atoms with Crippen LogP contribution in [0, 0.1) is 5.82 Å². The van der Waals surface area contributed by atoms with Crippen LogP contribution in [0.15, 0.2) is 24.3 Å². The molecule has 2 N–H and O–H groups in total. The highest BCUT2D eigenvalue weighted by molar-refractivity contribution is 7.80. The third-order valence-corrected chi connectivity index (χ3v) is 2.47. The third-order valence-electron chi connectivity index (χ3n) is 2.18. The van der Waals surface area contributed by atoms with Crippen molar-refractivity contribution in [2.45, 2.75) is 13.0 Å². The number of benzene rings is 1. The Labute approximate surface area is 106 Å². The smallest absolute Gasteiger partial charge is 0.166 e. The molecular formula is C12H17FN2OS. The van der Waals surface area contributed by atoms with Crippen LogP contribution in [0.1, 0.15) is 12.0 Å². The van der Waals surface area contributed by atoms with Crippen LogP contribution in [0.2, 0.25) is 0 Å². The van der Waals surface area contributed by atoms with Gasteiger partial charge in [0.2, 0.25) is 0 Å². The lowest BCUT2D eigenvalue weighted by molar-refractivity contribution is 0.195. The predicted octanol–water partition coefficient (Wildman–Crippen LogP) is 1.83. The molecule has 0 saturated heterocycles. The fourth-order valence-corrected chi connectivity index (χ4v) is 1.44. The van der Waals surface area contributed by atoms with Crippen molar-refractivity contribution < 1.29 is 9.13 Å². The largest absolute Gasteiger partial charge is 0.385 e. The Morgan fingerprint density at radius 2 is 2.00 bits per heavy atom. The van der Waals surface area contributed by atoms with Gasteiger partial charge in [0.05, 0.1) is 0 Å². The normalized spacial score (nSPS) is 10.0. The fourth-order valence-electron chi connectivity index (χ4n) is 1.27. The predicted molar refractivity (Wildman–Crippen MR) is 70.3 cm³/mol. The molecule has 0 fully saturated rings. The van der Waals surface area contributed by atoms with Gasteiger partial charge in [0.25, 0.3) is 0 Å². The van der Waals surface area contributed by atoms with Gasteiger partial charge in [0, 0.05) is 26.8 Å². The summed E-state index contributed by atoms with van der Waals surface area (Å²) in [6, 6.07) is 6.34. The maximum Gasteiger partial charge on any atom is 0.166 e. The molecule has 0 saturated carbocycles. The number of hydrogen-bond donors (Lipinski definition) is 2. The van der Waals surface area contributed by atoms with E-state index < -0.39 is 0 Å². The molecule has 0 bridgehead atoms.